The summed E-state index contributed by atoms with van der Waals surface area (Å²) in [6, 6.07) is 9.09. The molecule has 0 fully saturated rings. The SMILES string of the molecule is O=C(O)P(=O)(O)OC[C@H](CO)OCc1ccccc1. The van der Waals surface area contributed by atoms with Crippen molar-refractivity contribution >= 4 is 13.3 Å². The zero-order valence-corrected chi connectivity index (χ0v) is 10.9. The Balaban J connectivity index is 2.42. The average molecular weight is 290 g/mol. The van der Waals surface area contributed by atoms with Crippen LogP contribution in [-0.2, 0) is 20.4 Å². The average Bonchev–Trinajstić information content (AvgIpc) is 2.40. The summed E-state index contributed by atoms with van der Waals surface area (Å²) in [7, 11) is -4.70. The number of rotatable bonds is 8. The lowest BCUT2D eigenvalue weighted by molar-refractivity contribution is -0.0243. The summed E-state index contributed by atoms with van der Waals surface area (Å²) in [6.45, 7) is -0.756. The highest BCUT2D eigenvalue weighted by Crippen LogP contribution is 2.42. The fraction of sp³-hybridized carbons (Fsp3) is 0.364. The van der Waals surface area contributed by atoms with Crippen LogP contribution < -0.4 is 0 Å². The number of aliphatic hydroxyl groups is 1. The van der Waals surface area contributed by atoms with Gasteiger partial charge in [-0.25, -0.2) is 9.36 Å². The molecule has 0 aromatic heterocycles. The lowest BCUT2D eigenvalue weighted by Crippen LogP contribution is -2.24. The fourth-order valence-electron chi connectivity index (χ4n) is 1.18. The van der Waals surface area contributed by atoms with E-state index in [1.54, 1.807) is 0 Å². The Hall–Kier alpha value is -1.24. The third-order valence-corrected chi connectivity index (χ3v) is 3.19. The maximum Gasteiger partial charge on any atom is 0.435 e. The Bertz CT molecular complexity index is 448. The van der Waals surface area contributed by atoms with E-state index in [9.17, 15) is 9.36 Å². The molecule has 0 heterocycles. The van der Waals surface area contributed by atoms with Crippen LogP contribution >= 0.6 is 7.60 Å². The van der Waals surface area contributed by atoms with Gasteiger partial charge in [0, 0.05) is 0 Å². The van der Waals surface area contributed by atoms with E-state index in [1.807, 2.05) is 30.3 Å². The number of aliphatic hydroxyl groups excluding tert-OH is 1. The van der Waals surface area contributed by atoms with Crippen LogP contribution in [0.3, 0.4) is 0 Å². The predicted octanol–water partition coefficient (Wildman–Crippen LogP) is 1.44. The second-order valence-corrected chi connectivity index (χ2v) is 5.38. The second kappa shape index (κ2) is 7.37. The van der Waals surface area contributed by atoms with Gasteiger partial charge >= 0.3 is 13.3 Å². The van der Waals surface area contributed by atoms with E-state index in [0.29, 0.717) is 0 Å². The molecule has 0 radical (unpaired) electrons. The van der Waals surface area contributed by atoms with Crippen molar-refractivity contribution in [2.75, 3.05) is 13.2 Å². The molecule has 7 nitrogen and oxygen atoms in total. The number of hydrogen-bond acceptors (Lipinski definition) is 5. The number of benzene rings is 1. The Morgan fingerprint density at radius 3 is 2.47 bits per heavy atom. The smallest absolute Gasteiger partial charge is 0.435 e. The summed E-state index contributed by atoms with van der Waals surface area (Å²) < 4.78 is 20.6. The van der Waals surface area contributed by atoms with Crippen LogP contribution in [0.5, 0.6) is 0 Å². The molecule has 0 saturated carbocycles. The van der Waals surface area contributed by atoms with E-state index in [-0.39, 0.29) is 6.61 Å². The maximum atomic E-state index is 11.0. The summed E-state index contributed by atoms with van der Waals surface area (Å²) in [5, 5.41) is 17.4. The summed E-state index contributed by atoms with van der Waals surface area (Å²) in [6.07, 6.45) is -0.875. The number of ether oxygens (including phenoxy) is 1. The number of carboxylic acid groups (broad SMARTS) is 1. The van der Waals surface area contributed by atoms with Gasteiger partial charge in [0.25, 0.3) is 0 Å². The van der Waals surface area contributed by atoms with Crippen molar-refractivity contribution in [3.8, 4) is 0 Å². The van der Waals surface area contributed by atoms with Crippen LogP contribution in [0.15, 0.2) is 30.3 Å². The summed E-state index contributed by atoms with van der Waals surface area (Å²) >= 11 is 0. The third kappa shape index (κ3) is 5.50. The van der Waals surface area contributed by atoms with Crippen molar-refractivity contribution in [1.82, 2.24) is 0 Å². The molecule has 3 N–H and O–H groups in total. The van der Waals surface area contributed by atoms with Crippen molar-refractivity contribution < 1.29 is 33.7 Å². The molecule has 1 unspecified atom stereocenters. The van der Waals surface area contributed by atoms with Gasteiger partial charge in [0.05, 0.1) is 19.8 Å². The molecule has 1 rings (SSSR count). The second-order valence-electron chi connectivity index (χ2n) is 3.70. The van der Waals surface area contributed by atoms with Crippen molar-refractivity contribution in [1.29, 1.82) is 0 Å². The van der Waals surface area contributed by atoms with E-state index in [1.165, 1.54) is 0 Å². The van der Waals surface area contributed by atoms with Gasteiger partial charge in [0.15, 0.2) is 0 Å². The van der Waals surface area contributed by atoms with Crippen molar-refractivity contribution in [2.24, 2.45) is 0 Å². The maximum absolute atomic E-state index is 11.0. The highest BCUT2D eigenvalue weighted by molar-refractivity contribution is 7.70. The van der Waals surface area contributed by atoms with Crippen LogP contribution in [0.1, 0.15) is 5.56 Å². The van der Waals surface area contributed by atoms with Gasteiger partial charge in [-0.3, -0.25) is 4.52 Å². The van der Waals surface area contributed by atoms with E-state index in [4.69, 9.17) is 19.8 Å². The van der Waals surface area contributed by atoms with Crippen molar-refractivity contribution in [3.05, 3.63) is 35.9 Å². The monoisotopic (exact) mass is 290 g/mol. The van der Waals surface area contributed by atoms with Gasteiger partial charge in [-0.05, 0) is 5.56 Å². The molecule has 0 spiro atoms. The molecule has 1 aromatic carbocycles. The molecule has 19 heavy (non-hydrogen) atoms. The van der Waals surface area contributed by atoms with Crippen LogP contribution in [0.4, 0.5) is 4.79 Å². The molecule has 1 aromatic rings. The number of carbonyl (C=O) groups is 1. The van der Waals surface area contributed by atoms with Crippen molar-refractivity contribution in [2.45, 2.75) is 12.7 Å². The molecule has 0 saturated heterocycles. The molecule has 0 aliphatic rings. The van der Waals surface area contributed by atoms with Crippen molar-refractivity contribution in [3.63, 3.8) is 0 Å². The zero-order valence-electron chi connectivity index (χ0n) is 10.0. The van der Waals surface area contributed by atoms with E-state index in [2.05, 4.69) is 4.52 Å². The summed E-state index contributed by atoms with van der Waals surface area (Å²) in [5.41, 5.74) is -1.08. The normalized spacial score (nSPS) is 15.7. The molecule has 106 valence electrons. The number of hydrogen-bond donors (Lipinski definition) is 3. The van der Waals surface area contributed by atoms with Gasteiger partial charge < -0.3 is 19.8 Å². The van der Waals surface area contributed by atoms with Gasteiger partial charge in [0.1, 0.15) is 6.10 Å². The van der Waals surface area contributed by atoms with Gasteiger partial charge in [-0.2, -0.15) is 0 Å². The molecular weight excluding hydrogens is 275 g/mol. The molecule has 2 atom stereocenters. The minimum absolute atomic E-state index is 0.179. The van der Waals surface area contributed by atoms with Crippen LogP contribution in [0.25, 0.3) is 0 Å². The van der Waals surface area contributed by atoms with Gasteiger partial charge in [-0.15, -0.1) is 0 Å². The molecular formula is C11H15O7P. The predicted molar refractivity (Wildman–Crippen MR) is 65.9 cm³/mol. The molecule has 8 heteroatoms. The molecule has 0 amide bonds. The van der Waals surface area contributed by atoms with E-state index < -0.39 is 32.6 Å². The lowest BCUT2D eigenvalue weighted by atomic mass is 10.2. The molecule has 0 aliphatic heterocycles. The largest absolute Gasteiger partial charge is 0.472 e. The Morgan fingerprint density at radius 1 is 1.32 bits per heavy atom. The minimum atomic E-state index is -4.70. The minimum Gasteiger partial charge on any atom is -0.472 e. The quantitative estimate of drug-likeness (QED) is 0.621. The first-order valence-electron chi connectivity index (χ1n) is 5.43. The molecule has 0 aliphatic carbocycles. The third-order valence-electron chi connectivity index (χ3n) is 2.21. The Morgan fingerprint density at radius 2 is 1.95 bits per heavy atom. The van der Waals surface area contributed by atoms with Gasteiger partial charge in [-0.1, -0.05) is 30.3 Å². The summed E-state index contributed by atoms with van der Waals surface area (Å²) in [4.78, 5) is 19.3. The Labute approximate surface area is 109 Å². The van der Waals surface area contributed by atoms with Crippen LogP contribution in [0.2, 0.25) is 0 Å². The topological polar surface area (TPSA) is 113 Å². The standard InChI is InChI=1S/C11H15O7P/c12-6-10(8-18-19(15,16)11(13)14)17-7-9-4-2-1-3-5-9/h1-5,10,12H,6-8H2,(H,13,14)(H,15,16)/t10-/m0/s1. The van der Waals surface area contributed by atoms with Crippen LogP contribution in [-0.4, -0.2) is 40.1 Å². The first-order valence-corrected chi connectivity index (χ1v) is 7.00. The van der Waals surface area contributed by atoms with Crippen LogP contribution in [0, 0.1) is 0 Å². The van der Waals surface area contributed by atoms with E-state index >= 15 is 0 Å². The van der Waals surface area contributed by atoms with E-state index in [0.717, 1.165) is 5.56 Å². The highest BCUT2D eigenvalue weighted by atomic mass is 31.2. The lowest BCUT2D eigenvalue weighted by Gasteiger charge is -2.16. The highest BCUT2D eigenvalue weighted by Gasteiger charge is 2.31. The zero-order chi connectivity index (χ0) is 14.3. The summed E-state index contributed by atoms with van der Waals surface area (Å²) in [5.74, 6) is 0. The Kier molecular flexibility index (Phi) is 6.14. The molecule has 0 bridgehead atoms. The van der Waals surface area contributed by atoms with Gasteiger partial charge in [0.2, 0.25) is 0 Å². The first kappa shape index (κ1) is 15.8. The first-order chi connectivity index (χ1) is 8.95. The fourth-order valence-corrected chi connectivity index (χ4v) is 1.66.